The first-order valence-electron chi connectivity index (χ1n) is 6.93. The second kappa shape index (κ2) is 9.92. The summed E-state index contributed by atoms with van der Waals surface area (Å²) < 4.78 is 52.1. The molecule has 0 fully saturated rings. The lowest BCUT2D eigenvalue weighted by atomic mass is 10.3. The third kappa shape index (κ3) is 7.92. The average Bonchev–Trinajstić information content (AvgIpc) is 2.94. The maximum atomic E-state index is 12.1. The van der Waals surface area contributed by atoms with Crippen molar-refractivity contribution in [1.82, 2.24) is 14.8 Å². The number of rotatable bonds is 10. The van der Waals surface area contributed by atoms with Crippen LogP contribution in [0.4, 0.5) is 0 Å². The normalized spacial score (nSPS) is 13.5. The largest absolute Gasteiger partial charge is 0.316 e. The van der Waals surface area contributed by atoms with Crippen LogP contribution < -0.4 is 14.8 Å². The molecular weight excluding hydrogens is 382 g/mol. The van der Waals surface area contributed by atoms with Gasteiger partial charge in [-0.25, -0.2) is 26.3 Å². The van der Waals surface area contributed by atoms with E-state index in [1.165, 1.54) is 0 Å². The number of halogens is 1. The van der Waals surface area contributed by atoms with Crippen molar-refractivity contribution >= 4 is 43.8 Å². The number of nitrogens with one attached hydrogen (secondary N) is 3. The van der Waals surface area contributed by atoms with Crippen LogP contribution in [0.25, 0.3) is 0 Å². The van der Waals surface area contributed by atoms with Crippen LogP contribution in [0.5, 0.6) is 0 Å². The molecule has 0 aliphatic rings. The van der Waals surface area contributed by atoms with Gasteiger partial charge >= 0.3 is 0 Å². The number of likely N-dealkylation sites (N-methyl/N-ethyl adjacent to an activating group) is 1. The standard InChI is InChI=1S/C12H23N3O4S3.ClH/c1-4-21(16,17)14-8-7-11-5-6-12(20-11)22(18,19)15-9-10(2)13-3;/h5-6,10,13-15H,4,7-9H2,1-3H3;1H. The van der Waals surface area contributed by atoms with Gasteiger partial charge in [-0.2, -0.15) is 0 Å². The maximum Gasteiger partial charge on any atom is 0.250 e. The first kappa shape index (κ1) is 22.8. The average molecular weight is 406 g/mol. The number of sulfonamides is 2. The minimum atomic E-state index is -3.51. The van der Waals surface area contributed by atoms with Crippen LogP contribution in [0.2, 0.25) is 0 Å². The lowest BCUT2D eigenvalue weighted by Crippen LogP contribution is -2.36. The fraction of sp³-hybridized carbons (Fsp3) is 0.667. The summed E-state index contributed by atoms with van der Waals surface area (Å²) in [7, 11) is -4.96. The molecule has 0 spiro atoms. The summed E-state index contributed by atoms with van der Waals surface area (Å²) in [6, 6.07) is 3.29. The lowest BCUT2D eigenvalue weighted by Gasteiger charge is -2.10. The van der Waals surface area contributed by atoms with E-state index in [0.717, 1.165) is 16.2 Å². The van der Waals surface area contributed by atoms with Crippen molar-refractivity contribution in [2.45, 2.75) is 30.5 Å². The predicted octanol–water partition coefficient (Wildman–Crippen LogP) is 0.538. The van der Waals surface area contributed by atoms with Crippen molar-refractivity contribution in [2.24, 2.45) is 0 Å². The summed E-state index contributed by atoms with van der Waals surface area (Å²) in [5, 5.41) is 2.95. The Labute approximate surface area is 148 Å². The van der Waals surface area contributed by atoms with E-state index in [2.05, 4.69) is 14.8 Å². The van der Waals surface area contributed by atoms with Crippen LogP contribution in [0.1, 0.15) is 18.7 Å². The molecular formula is C12H24ClN3O4S3. The molecule has 11 heteroatoms. The van der Waals surface area contributed by atoms with Gasteiger partial charge < -0.3 is 5.32 Å². The molecule has 23 heavy (non-hydrogen) atoms. The minimum absolute atomic E-state index is 0. The summed E-state index contributed by atoms with van der Waals surface area (Å²) in [5.41, 5.74) is 0. The van der Waals surface area contributed by atoms with E-state index in [1.807, 2.05) is 6.92 Å². The van der Waals surface area contributed by atoms with Gasteiger partial charge in [0.05, 0.1) is 5.75 Å². The first-order chi connectivity index (χ1) is 10.2. The summed E-state index contributed by atoms with van der Waals surface area (Å²) in [4.78, 5) is 0.820. The third-order valence-corrected chi connectivity index (χ3v) is 7.51. The SMILES string of the molecule is CCS(=O)(=O)NCCc1ccc(S(=O)(=O)NCC(C)NC)s1.Cl. The molecule has 1 aromatic heterocycles. The minimum Gasteiger partial charge on any atom is -0.316 e. The Hall–Kier alpha value is -0.230. The van der Waals surface area contributed by atoms with Crippen LogP contribution in [0.3, 0.4) is 0 Å². The van der Waals surface area contributed by atoms with Gasteiger partial charge in [0.2, 0.25) is 20.0 Å². The lowest BCUT2D eigenvalue weighted by molar-refractivity contribution is 0.556. The molecule has 3 N–H and O–H groups in total. The van der Waals surface area contributed by atoms with Crippen molar-refractivity contribution in [3.05, 3.63) is 17.0 Å². The molecule has 0 amide bonds. The molecule has 136 valence electrons. The Morgan fingerprint density at radius 2 is 1.83 bits per heavy atom. The van der Waals surface area contributed by atoms with Crippen molar-refractivity contribution in [1.29, 1.82) is 0 Å². The number of thiophene rings is 1. The molecule has 0 saturated carbocycles. The smallest absolute Gasteiger partial charge is 0.250 e. The topological polar surface area (TPSA) is 104 Å². The molecule has 0 saturated heterocycles. The van der Waals surface area contributed by atoms with E-state index in [-0.39, 0.29) is 35.0 Å². The monoisotopic (exact) mass is 405 g/mol. The summed E-state index contributed by atoms with van der Waals surface area (Å²) in [5.74, 6) is 0.0324. The fourth-order valence-electron chi connectivity index (χ4n) is 1.48. The maximum absolute atomic E-state index is 12.1. The van der Waals surface area contributed by atoms with E-state index in [1.54, 1.807) is 26.1 Å². The van der Waals surface area contributed by atoms with Gasteiger partial charge in [-0.1, -0.05) is 0 Å². The zero-order valence-electron chi connectivity index (χ0n) is 13.3. The fourth-order valence-corrected chi connectivity index (χ4v) is 4.62. The van der Waals surface area contributed by atoms with Gasteiger partial charge in [-0.3, -0.25) is 0 Å². The second-order valence-corrected chi connectivity index (χ2v) is 10.1. The molecule has 0 bridgehead atoms. The zero-order valence-corrected chi connectivity index (χ0v) is 16.6. The Morgan fingerprint density at radius 3 is 2.39 bits per heavy atom. The summed E-state index contributed by atoms with van der Waals surface area (Å²) in [6.45, 7) is 4.01. The van der Waals surface area contributed by atoms with Crippen LogP contribution in [0.15, 0.2) is 16.3 Å². The van der Waals surface area contributed by atoms with E-state index >= 15 is 0 Å². The van der Waals surface area contributed by atoms with E-state index in [4.69, 9.17) is 0 Å². The molecule has 1 rings (SSSR count). The van der Waals surface area contributed by atoms with Crippen molar-refractivity contribution in [3.8, 4) is 0 Å². The molecule has 7 nitrogen and oxygen atoms in total. The van der Waals surface area contributed by atoms with Gasteiger partial charge in [0.15, 0.2) is 0 Å². The molecule has 0 aliphatic carbocycles. The van der Waals surface area contributed by atoms with Gasteiger partial charge in [-0.15, -0.1) is 23.7 Å². The van der Waals surface area contributed by atoms with Crippen LogP contribution in [-0.4, -0.2) is 48.8 Å². The van der Waals surface area contributed by atoms with Gasteiger partial charge in [0, 0.05) is 24.0 Å². The number of hydrogen-bond donors (Lipinski definition) is 3. The van der Waals surface area contributed by atoms with E-state index in [9.17, 15) is 16.8 Å². The highest BCUT2D eigenvalue weighted by atomic mass is 35.5. The molecule has 1 aromatic rings. The molecule has 1 heterocycles. The van der Waals surface area contributed by atoms with E-state index < -0.39 is 20.0 Å². The van der Waals surface area contributed by atoms with Crippen molar-refractivity contribution in [2.75, 3.05) is 25.9 Å². The van der Waals surface area contributed by atoms with Gasteiger partial charge in [0.25, 0.3) is 0 Å². The Morgan fingerprint density at radius 1 is 1.17 bits per heavy atom. The Balaban J connectivity index is 0.00000484. The highest BCUT2D eigenvalue weighted by Crippen LogP contribution is 2.21. The molecule has 1 unspecified atom stereocenters. The second-order valence-electron chi connectivity index (χ2n) is 4.81. The molecule has 0 aromatic carbocycles. The third-order valence-electron chi connectivity index (χ3n) is 3.05. The summed E-state index contributed by atoms with van der Waals surface area (Å²) in [6.07, 6.45) is 0.465. The van der Waals surface area contributed by atoms with Crippen LogP contribution in [-0.2, 0) is 26.5 Å². The Bertz CT molecular complexity index is 673. The molecule has 1 atom stereocenters. The first-order valence-corrected chi connectivity index (χ1v) is 10.9. The molecule has 0 radical (unpaired) electrons. The quantitative estimate of drug-likeness (QED) is 0.527. The van der Waals surface area contributed by atoms with Crippen molar-refractivity contribution < 1.29 is 16.8 Å². The van der Waals surface area contributed by atoms with Crippen LogP contribution >= 0.6 is 23.7 Å². The predicted molar refractivity (Wildman–Crippen MR) is 96.4 cm³/mol. The highest BCUT2D eigenvalue weighted by Gasteiger charge is 2.17. The van der Waals surface area contributed by atoms with Crippen LogP contribution in [0, 0.1) is 0 Å². The van der Waals surface area contributed by atoms with E-state index in [0.29, 0.717) is 13.0 Å². The van der Waals surface area contributed by atoms with Gasteiger partial charge in [0.1, 0.15) is 4.21 Å². The Kier molecular flexibility index (Phi) is 9.82. The number of hydrogen-bond acceptors (Lipinski definition) is 6. The van der Waals surface area contributed by atoms with Crippen molar-refractivity contribution in [3.63, 3.8) is 0 Å². The molecule has 0 aliphatic heterocycles. The zero-order chi connectivity index (χ0) is 16.8. The highest BCUT2D eigenvalue weighted by molar-refractivity contribution is 7.91. The van der Waals surface area contributed by atoms with Gasteiger partial charge in [-0.05, 0) is 39.4 Å². The summed E-state index contributed by atoms with van der Waals surface area (Å²) >= 11 is 1.15.